The lowest BCUT2D eigenvalue weighted by atomic mass is 10.0. The van der Waals surface area contributed by atoms with Crippen LogP contribution in [0.15, 0.2) is 52.9 Å². The van der Waals surface area contributed by atoms with Gasteiger partial charge >= 0.3 is 0 Å². The Morgan fingerprint density at radius 2 is 1.95 bits per heavy atom. The normalized spacial score (nSPS) is 12.5. The van der Waals surface area contributed by atoms with Gasteiger partial charge in [0.15, 0.2) is 0 Å². The van der Waals surface area contributed by atoms with Crippen LogP contribution < -0.4 is 10.5 Å². The second-order valence-electron chi connectivity index (χ2n) is 5.31. The molecule has 3 rings (SSSR count). The van der Waals surface area contributed by atoms with Crippen molar-refractivity contribution in [2.75, 3.05) is 7.11 Å². The molecule has 2 N–H and O–H groups in total. The number of para-hydroxylation sites is 1. The summed E-state index contributed by atoms with van der Waals surface area (Å²) in [7, 11) is 1.68. The molecule has 0 bridgehead atoms. The van der Waals surface area contributed by atoms with Crippen LogP contribution in [0.5, 0.6) is 5.75 Å². The smallest absolute Gasteiger partial charge is 0.134 e. The lowest BCUT2D eigenvalue weighted by molar-refractivity contribution is 0.405. The molecule has 1 atom stereocenters. The summed E-state index contributed by atoms with van der Waals surface area (Å²) in [5.41, 5.74) is 9.49. The van der Waals surface area contributed by atoms with Crippen LogP contribution in [-0.4, -0.2) is 7.11 Å². The maximum atomic E-state index is 6.32. The molecule has 0 fully saturated rings. The molecule has 1 unspecified atom stereocenters. The summed E-state index contributed by atoms with van der Waals surface area (Å²) in [5, 5.41) is 1.08. The SMILES string of the molecule is COc1ccc(C)cc1CC(N)c1cc2ccccc2o1. The van der Waals surface area contributed by atoms with E-state index in [0.717, 1.165) is 28.0 Å². The van der Waals surface area contributed by atoms with E-state index < -0.39 is 0 Å². The Balaban J connectivity index is 1.89. The second kappa shape index (κ2) is 5.62. The minimum atomic E-state index is -0.187. The number of nitrogens with two attached hydrogens (primary N) is 1. The molecule has 1 aromatic heterocycles. The number of aryl methyl sites for hydroxylation is 1. The number of furan rings is 1. The van der Waals surface area contributed by atoms with Gasteiger partial charge in [0.2, 0.25) is 0 Å². The fraction of sp³-hybridized carbons (Fsp3) is 0.222. The van der Waals surface area contributed by atoms with Gasteiger partial charge in [-0.3, -0.25) is 0 Å². The van der Waals surface area contributed by atoms with Gasteiger partial charge in [-0.25, -0.2) is 0 Å². The summed E-state index contributed by atoms with van der Waals surface area (Å²) in [6, 6.07) is 15.9. The Bertz CT molecular complexity index is 728. The second-order valence-corrected chi connectivity index (χ2v) is 5.31. The molecule has 3 nitrogen and oxygen atoms in total. The first-order valence-corrected chi connectivity index (χ1v) is 7.05. The predicted octanol–water partition coefficient (Wildman–Crippen LogP) is 3.99. The molecule has 0 radical (unpaired) electrons. The molecular weight excluding hydrogens is 262 g/mol. The summed E-state index contributed by atoms with van der Waals surface area (Å²) in [4.78, 5) is 0. The van der Waals surface area contributed by atoms with Gasteiger partial charge < -0.3 is 14.9 Å². The van der Waals surface area contributed by atoms with Gasteiger partial charge in [-0.15, -0.1) is 0 Å². The van der Waals surface area contributed by atoms with Crippen molar-refractivity contribution in [3.63, 3.8) is 0 Å². The molecule has 21 heavy (non-hydrogen) atoms. The van der Waals surface area contributed by atoms with Crippen molar-refractivity contribution in [3.8, 4) is 5.75 Å². The Kier molecular flexibility index (Phi) is 3.67. The van der Waals surface area contributed by atoms with Crippen LogP contribution in [0.2, 0.25) is 0 Å². The fourth-order valence-electron chi connectivity index (χ4n) is 2.59. The third kappa shape index (κ3) is 2.78. The van der Waals surface area contributed by atoms with E-state index in [1.54, 1.807) is 7.11 Å². The Morgan fingerprint density at radius 3 is 2.71 bits per heavy atom. The maximum Gasteiger partial charge on any atom is 0.134 e. The van der Waals surface area contributed by atoms with Gasteiger partial charge in [0.1, 0.15) is 17.1 Å². The molecule has 3 heteroatoms. The lowest BCUT2D eigenvalue weighted by Gasteiger charge is -2.13. The van der Waals surface area contributed by atoms with Crippen molar-refractivity contribution in [1.82, 2.24) is 0 Å². The van der Waals surface area contributed by atoms with E-state index in [-0.39, 0.29) is 6.04 Å². The van der Waals surface area contributed by atoms with Crippen molar-refractivity contribution < 1.29 is 9.15 Å². The monoisotopic (exact) mass is 281 g/mol. The summed E-state index contributed by atoms with van der Waals surface area (Å²) in [6.45, 7) is 2.07. The third-order valence-corrected chi connectivity index (χ3v) is 3.69. The minimum Gasteiger partial charge on any atom is -0.496 e. The Hall–Kier alpha value is -2.26. The molecule has 1 heterocycles. The molecule has 0 saturated carbocycles. The topological polar surface area (TPSA) is 48.4 Å². The lowest BCUT2D eigenvalue weighted by Crippen LogP contribution is -2.13. The number of fused-ring (bicyclic) bond motifs is 1. The number of benzene rings is 2. The molecule has 0 aliphatic heterocycles. The first kappa shape index (κ1) is 13.7. The zero-order valence-corrected chi connectivity index (χ0v) is 12.3. The molecule has 0 aliphatic carbocycles. The van der Waals surface area contributed by atoms with Crippen LogP contribution in [-0.2, 0) is 6.42 Å². The highest BCUT2D eigenvalue weighted by Crippen LogP contribution is 2.28. The maximum absolute atomic E-state index is 6.32. The number of hydrogen-bond acceptors (Lipinski definition) is 3. The van der Waals surface area contributed by atoms with Crippen molar-refractivity contribution in [2.24, 2.45) is 5.73 Å². The minimum absolute atomic E-state index is 0.187. The molecule has 0 saturated heterocycles. The summed E-state index contributed by atoms with van der Waals surface area (Å²) in [5.74, 6) is 1.67. The molecule has 0 aliphatic rings. The van der Waals surface area contributed by atoms with Crippen LogP contribution in [0.25, 0.3) is 11.0 Å². The summed E-state index contributed by atoms with van der Waals surface area (Å²) in [6.07, 6.45) is 0.685. The van der Waals surface area contributed by atoms with Crippen LogP contribution in [0.1, 0.15) is 22.9 Å². The fourth-order valence-corrected chi connectivity index (χ4v) is 2.59. The highest BCUT2D eigenvalue weighted by Gasteiger charge is 2.15. The number of hydrogen-bond donors (Lipinski definition) is 1. The first-order chi connectivity index (χ1) is 10.2. The van der Waals surface area contributed by atoms with Gasteiger partial charge in [0.05, 0.1) is 13.2 Å². The Morgan fingerprint density at radius 1 is 1.14 bits per heavy atom. The summed E-state index contributed by atoms with van der Waals surface area (Å²) >= 11 is 0. The average Bonchev–Trinajstić information content (AvgIpc) is 2.91. The van der Waals surface area contributed by atoms with Gasteiger partial charge in [0.25, 0.3) is 0 Å². The summed E-state index contributed by atoms with van der Waals surface area (Å²) < 4.78 is 11.2. The van der Waals surface area contributed by atoms with Gasteiger partial charge in [-0.05, 0) is 37.1 Å². The molecule has 3 aromatic rings. The molecule has 0 amide bonds. The quantitative estimate of drug-likeness (QED) is 0.786. The average molecular weight is 281 g/mol. The van der Waals surface area contributed by atoms with E-state index in [0.29, 0.717) is 6.42 Å². The van der Waals surface area contributed by atoms with Crippen LogP contribution >= 0.6 is 0 Å². The zero-order chi connectivity index (χ0) is 14.8. The standard InChI is InChI=1S/C18H19NO2/c1-12-7-8-16(20-2)14(9-12)10-15(19)18-11-13-5-3-4-6-17(13)21-18/h3-9,11,15H,10,19H2,1-2H3. The van der Waals surface area contributed by atoms with E-state index in [9.17, 15) is 0 Å². The van der Waals surface area contributed by atoms with E-state index in [1.807, 2.05) is 42.5 Å². The van der Waals surface area contributed by atoms with Crippen LogP contribution in [0.4, 0.5) is 0 Å². The van der Waals surface area contributed by atoms with Gasteiger partial charge in [0, 0.05) is 5.39 Å². The molecular formula is C18H19NO2. The van der Waals surface area contributed by atoms with Gasteiger partial charge in [-0.1, -0.05) is 35.9 Å². The molecule has 0 spiro atoms. The van der Waals surface area contributed by atoms with E-state index in [4.69, 9.17) is 14.9 Å². The first-order valence-electron chi connectivity index (χ1n) is 7.05. The van der Waals surface area contributed by atoms with Crippen molar-refractivity contribution in [2.45, 2.75) is 19.4 Å². The predicted molar refractivity (Wildman–Crippen MR) is 84.6 cm³/mol. The highest BCUT2D eigenvalue weighted by molar-refractivity contribution is 5.77. The van der Waals surface area contributed by atoms with E-state index in [2.05, 4.69) is 13.0 Å². The third-order valence-electron chi connectivity index (χ3n) is 3.69. The van der Waals surface area contributed by atoms with Gasteiger partial charge in [-0.2, -0.15) is 0 Å². The Labute approximate surface area is 124 Å². The van der Waals surface area contributed by atoms with E-state index in [1.165, 1.54) is 5.56 Å². The van der Waals surface area contributed by atoms with Crippen LogP contribution in [0, 0.1) is 6.92 Å². The molecule has 2 aromatic carbocycles. The van der Waals surface area contributed by atoms with Crippen molar-refractivity contribution in [1.29, 1.82) is 0 Å². The number of ether oxygens (including phenoxy) is 1. The molecule has 108 valence electrons. The number of methoxy groups -OCH3 is 1. The number of rotatable bonds is 4. The largest absolute Gasteiger partial charge is 0.496 e. The van der Waals surface area contributed by atoms with Crippen molar-refractivity contribution >= 4 is 11.0 Å². The van der Waals surface area contributed by atoms with Crippen molar-refractivity contribution in [3.05, 3.63) is 65.4 Å². The highest BCUT2D eigenvalue weighted by atomic mass is 16.5. The van der Waals surface area contributed by atoms with Crippen LogP contribution in [0.3, 0.4) is 0 Å². The zero-order valence-electron chi connectivity index (χ0n) is 12.3. The van der Waals surface area contributed by atoms with E-state index >= 15 is 0 Å².